The van der Waals surface area contributed by atoms with Crippen LogP contribution in [0.2, 0.25) is 0 Å². The fourth-order valence-corrected chi connectivity index (χ4v) is 3.03. The third-order valence-electron chi connectivity index (χ3n) is 4.59. The van der Waals surface area contributed by atoms with Crippen molar-refractivity contribution in [1.29, 1.82) is 0 Å². The maximum Gasteiger partial charge on any atom is 0.403 e. The number of piperazine rings is 1. The Bertz CT molecular complexity index is 786. The lowest BCUT2D eigenvalue weighted by atomic mass is 10.1. The molecule has 1 aliphatic rings. The van der Waals surface area contributed by atoms with Crippen molar-refractivity contribution >= 4 is 16.8 Å². The Morgan fingerprint density at radius 2 is 1.84 bits per heavy atom. The van der Waals surface area contributed by atoms with E-state index in [1.807, 2.05) is 0 Å². The number of aromatic hydroxyl groups is 1. The van der Waals surface area contributed by atoms with E-state index in [9.17, 15) is 23.1 Å². The van der Waals surface area contributed by atoms with Crippen LogP contribution in [0.3, 0.4) is 0 Å². The lowest BCUT2D eigenvalue weighted by molar-refractivity contribution is -0.181. The zero-order chi connectivity index (χ0) is 18.2. The standard InChI is InChI=1S/C17H18F3N3O2/c1-11(17(18,19)20)22-6-8-23(9-7-22)16(25)15-12-4-2-3-5-13(12)21-10-14(15)24/h2-5,10-11,24H,6-9H2,1H3. The Hall–Kier alpha value is -2.35. The van der Waals surface area contributed by atoms with Crippen LogP contribution in [0.4, 0.5) is 13.2 Å². The van der Waals surface area contributed by atoms with E-state index in [0.29, 0.717) is 10.9 Å². The molecule has 5 nitrogen and oxygen atoms in total. The number of nitrogens with zero attached hydrogens (tertiary/aromatic N) is 3. The maximum absolute atomic E-state index is 12.8. The number of hydrogen-bond donors (Lipinski definition) is 1. The smallest absolute Gasteiger partial charge is 0.403 e. The molecule has 25 heavy (non-hydrogen) atoms. The number of pyridine rings is 1. The van der Waals surface area contributed by atoms with Gasteiger partial charge in [0.15, 0.2) is 0 Å². The average Bonchev–Trinajstić information content (AvgIpc) is 2.60. The molecule has 3 rings (SSSR count). The van der Waals surface area contributed by atoms with Crippen molar-refractivity contribution in [3.63, 3.8) is 0 Å². The van der Waals surface area contributed by atoms with E-state index in [4.69, 9.17) is 0 Å². The first-order chi connectivity index (χ1) is 11.8. The molecule has 1 atom stereocenters. The number of aromatic nitrogens is 1. The van der Waals surface area contributed by atoms with Crippen molar-refractivity contribution in [2.75, 3.05) is 26.2 Å². The van der Waals surface area contributed by atoms with Gasteiger partial charge in [-0.1, -0.05) is 18.2 Å². The molecular formula is C17H18F3N3O2. The largest absolute Gasteiger partial charge is 0.505 e. The molecule has 0 radical (unpaired) electrons. The quantitative estimate of drug-likeness (QED) is 0.902. The fraction of sp³-hybridized carbons (Fsp3) is 0.412. The van der Waals surface area contributed by atoms with Crippen molar-refractivity contribution in [3.05, 3.63) is 36.0 Å². The number of fused-ring (bicyclic) bond motifs is 1. The Morgan fingerprint density at radius 3 is 2.48 bits per heavy atom. The number of alkyl halides is 3. The van der Waals surface area contributed by atoms with Crippen molar-refractivity contribution < 1.29 is 23.1 Å². The van der Waals surface area contributed by atoms with Crippen molar-refractivity contribution in [3.8, 4) is 5.75 Å². The Labute approximate surface area is 142 Å². The number of benzene rings is 1. The molecule has 2 heterocycles. The molecule has 0 aliphatic carbocycles. The summed E-state index contributed by atoms with van der Waals surface area (Å²) in [6.07, 6.45) is -3.07. The third-order valence-corrected chi connectivity index (χ3v) is 4.59. The van der Waals surface area contributed by atoms with Gasteiger partial charge in [0.1, 0.15) is 11.8 Å². The molecule has 1 amide bonds. The van der Waals surface area contributed by atoms with E-state index in [-0.39, 0.29) is 37.5 Å². The van der Waals surface area contributed by atoms with E-state index in [0.717, 1.165) is 6.92 Å². The average molecular weight is 353 g/mol. The van der Waals surface area contributed by atoms with Gasteiger partial charge in [-0.2, -0.15) is 13.2 Å². The number of para-hydroxylation sites is 1. The molecule has 8 heteroatoms. The minimum Gasteiger partial charge on any atom is -0.505 e. The van der Waals surface area contributed by atoms with E-state index in [1.54, 1.807) is 24.3 Å². The number of carbonyl (C=O) groups is 1. The van der Waals surface area contributed by atoms with Gasteiger partial charge in [0.25, 0.3) is 5.91 Å². The van der Waals surface area contributed by atoms with Crippen LogP contribution in [0.1, 0.15) is 17.3 Å². The molecule has 1 N–H and O–H groups in total. The normalized spacial score (nSPS) is 17.7. The Morgan fingerprint density at radius 1 is 1.20 bits per heavy atom. The van der Waals surface area contributed by atoms with Gasteiger partial charge in [-0.15, -0.1) is 0 Å². The van der Waals surface area contributed by atoms with Gasteiger partial charge in [-0.3, -0.25) is 14.7 Å². The second-order valence-electron chi connectivity index (χ2n) is 6.08. The molecule has 1 saturated heterocycles. The van der Waals surface area contributed by atoms with Gasteiger partial charge in [-0.25, -0.2) is 0 Å². The molecule has 134 valence electrons. The highest BCUT2D eigenvalue weighted by atomic mass is 19.4. The Balaban J connectivity index is 1.79. The molecule has 1 fully saturated rings. The number of amides is 1. The van der Waals surface area contributed by atoms with Crippen LogP contribution in [0.25, 0.3) is 10.9 Å². The summed E-state index contributed by atoms with van der Waals surface area (Å²) in [5.41, 5.74) is 0.718. The fourth-order valence-electron chi connectivity index (χ4n) is 3.03. The summed E-state index contributed by atoms with van der Waals surface area (Å²) < 4.78 is 38.5. The molecule has 2 aromatic rings. The van der Waals surface area contributed by atoms with Gasteiger partial charge >= 0.3 is 6.18 Å². The number of carbonyl (C=O) groups excluding carboxylic acids is 1. The molecule has 1 aliphatic heterocycles. The zero-order valence-electron chi connectivity index (χ0n) is 13.6. The topological polar surface area (TPSA) is 56.7 Å². The SMILES string of the molecule is CC(N1CCN(C(=O)c2c(O)cnc3ccccc23)CC1)C(F)(F)F. The molecule has 1 aromatic carbocycles. The second kappa shape index (κ2) is 6.51. The van der Waals surface area contributed by atoms with Gasteiger partial charge in [0.05, 0.1) is 17.3 Å². The number of hydrogen-bond acceptors (Lipinski definition) is 4. The van der Waals surface area contributed by atoms with E-state index in [2.05, 4.69) is 4.98 Å². The predicted octanol–water partition coefficient (Wildman–Crippen LogP) is 2.65. The van der Waals surface area contributed by atoms with Crippen LogP contribution < -0.4 is 0 Å². The summed E-state index contributed by atoms with van der Waals surface area (Å²) in [7, 11) is 0. The summed E-state index contributed by atoms with van der Waals surface area (Å²) in [4.78, 5) is 19.7. The first-order valence-corrected chi connectivity index (χ1v) is 7.96. The van der Waals surface area contributed by atoms with Crippen LogP contribution in [-0.4, -0.2) is 64.2 Å². The van der Waals surface area contributed by atoms with Crippen LogP contribution in [0.15, 0.2) is 30.5 Å². The third kappa shape index (κ3) is 3.39. The molecular weight excluding hydrogens is 335 g/mol. The lowest BCUT2D eigenvalue weighted by Gasteiger charge is -2.38. The molecule has 0 saturated carbocycles. The summed E-state index contributed by atoms with van der Waals surface area (Å²) in [5, 5.41) is 10.6. The highest BCUT2D eigenvalue weighted by molar-refractivity contribution is 6.08. The van der Waals surface area contributed by atoms with E-state index < -0.39 is 18.1 Å². The minimum atomic E-state index is -4.29. The van der Waals surface area contributed by atoms with Crippen LogP contribution >= 0.6 is 0 Å². The molecule has 1 unspecified atom stereocenters. The van der Waals surface area contributed by atoms with Crippen LogP contribution in [-0.2, 0) is 0 Å². The first-order valence-electron chi connectivity index (χ1n) is 7.96. The van der Waals surface area contributed by atoms with Gasteiger partial charge in [0, 0.05) is 31.6 Å². The predicted molar refractivity (Wildman–Crippen MR) is 86.4 cm³/mol. The Kier molecular flexibility index (Phi) is 4.55. The van der Waals surface area contributed by atoms with Gasteiger partial charge in [0.2, 0.25) is 0 Å². The van der Waals surface area contributed by atoms with Crippen molar-refractivity contribution in [2.24, 2.45) is 0 Å². The summed E-state index contributed by atoms with van der Waals surface area (Å²) in [6.45, 7) is 1.75. The highest BCUT2D eigenvalue weighted by Crippen LogP contribution is 2.28. The summed E-state index contributed by atoms with van der Waals surface area (Å²) >= 11 is 0. The minimum absolute atomic E-state index is 0.135. The lowest BCUT2D eigenvalue weighted by Crippen LogP contribution is -2.54. The zero-order valence-corrected chi connectivity index (χ0v) is 13.6. The molecule has 0 bridgehead atoms. The van der Waals surface area contributed by atoms with E-state index in [1.165, 1.54) is 16.0 Å². The second-order valence-corrected chi connectivity index (χ2v) is 6.08. The molecule has 0 spiro atoms. The van der Waals surface area contributed by atoms with Gasteiger partial charge < -0.3 is 10.0 Å². The first kappa shape index (κ1) is 17.5. The summed E-state index contributed by atoms with van der Waals surface area (Å²) in [5.74, 6) is -0.620. The number of rotatable bonds is 2. The van der Waals surface area contributed by atoms with Crippen LogP contribution in [0.5, 0.6) is 5.75 Å². The van der Waals surface area contributed by atoms with Crippen LogP contribution in [0, 0.1) is 0 Å². The molecule has 1 aromatic heterocycles. The van der Waals surface area contributed by atoms with Crippen molar-refractivity contribution in [1.82, 2.24) is 14.8 Å². The summed E-state index contributed by atoms with van der Waals surface area (Å²) in [6, 6.07) is 5.40. The van der Waals surface area contributed by atoms with E-state index >= 15 is 0 Å². The highest BCUT2D eigenvalue weighted by Gasteiger charge is 2.41. The maximum atomic E-state index is 12.8. The van der Waals surface area contributed by atoms with Crippen molar-refractivity contribution in [2.45, 2.75) is 19.1 Å². The number of halogens is 3. The van der Waals surface area contributed by atoms with Gasteiger partial charge in [-0.05, 0) is 13.0 Å². The monoisotopic (exact) mass is 353 g/mol.